The third-order valence-corrected chi connectivity index (χ3v) is 3.53. The van der Waals surface area contributed by atoms with Crippen molar-refractivity contribution in [1.29, 1.82) is 0 Å². The van der Waals surface area contributed by atoms with E-state index >= 15 is 0 Å². The van der Waals surface area contributed by atoms with Gasteiger partial charge in [0.2, 0.25) is 0 Å². The van der Waals surface area contributed by atoms with Gasteiger partial charge in [0.25, 0.3) is 0 Å². The van der Waals surface area contributed by atoms with Gasteiger partial charge in [-0.15, -0.1) is 0 Å². The van der Waals surface area contributed by atoms with Crippen LogP contribution in [0.15, 0.2) is 0 Å². The highest BCUT2D eigenvalue weighted by Gasteiger charge is 2.38. The van der Waals surface area contributed by atoms with Gasteiger partial charge in [-0.05, 0) is 43.6 Å². The number of fused-ring (bicyclic) bond motifs is 1. The Balaban J connectivity index is 1.94. The molecule has 0 aromatic rings. The van der Waals surface area contributed by atoms with E-state index in [9.17, 15) is 0 Å². The number of rotatable bonds is 1. The molecular weight excluding hydrogens is 122 g/mol. The second-order valence-corrected chi connectivity index (χ2v) is 3.93. The van der Waals surface area contributed by atoms with Crippen LogP contribution in [-0.2, 0) is 0 Å². The number of hydrogen-bond acceptors (Lipinski definition) is 1. The first kappa shape index (κ1) is 6.66. The summed E-state index contributed by atoms with van der Waals surface area (Å²) in [5, 5.41) is 0. The molecule has 2 fully saturated rings. The summed E-state index contributed by atoms with van der Waals surface area (Å²) in [6.07, 6.45) is 7.34. The first-order chi connectivity index (χ1) is 4.92. The van der Waals surface area contributed by atoms with Gasteiger partial charge in [-0.2, -0.15) is 0 Å². The van der Waals surface area contributed by atoms with Gasteiger partial charge in [0.15, 0.2) is 0 Å². The van der Waals surface area contributed by atoms with E-state index in [4.69, 9.17) is 5.73 Å². The SMILES string of the molecule is NCC1CCCC2CCC12. The first-order valence-corrected chi connectivity index (χ1v) is 4.62. The molecule has 0 radical (unpaired) electrons. The minimum Gasteiger partial charge on any atom is -0.330 e. The maximum atomic E-state index is 5.69. The van der Waals surface area contributed by atoms with Crippen molar-refractivity contribution in [3.05, 3.63) is 0 Å². The molecule has 1 nitrogen and oxygen atoms in total. The van der Waals surface area contributed by atoms with Crippen molar-refractivity contribution < 1.29 is 0 Å². The van der Waals surface area contributed by atoms with Crippen molar-refractivity contribution in [2.24, 2.45) is 23.5 Å². The van der Waals surface area contributed by atoms with Crippen molar-refractivity contribution in [3.8, 4) is 0 Å². The molecule has 10 heavy (non-hydrogen) atoms. The fraction of sp³-hybridized carbons (Fsp3) is 1.00. The summed E-state index contributed by atoms with van der Waals surface area (Å²) in [5.41, 5.74) is 5.69. The van der Waals surface area contributed by atoms with Crippen LogP contribution in [0.3, 0.4) is 0 Å². The summed E-state index contributed by atoms with van der Waals surface area (Å²) < 4.78 is 0. The number of nitrogens with two attached hydrogens (primary N) is 1. The topological polar surface area (TPSA) is 26.0 Å². The molecule has 2 N–H and O–H groups in total. The van der Waals surface area contributed by atoms with E-state index in [0.717, 1.165) is 24.3 Å². The van der Waals surface area contributed by atoms with Gasteiger partial charge in [-0.3, -0.25) is 0 Å². The van der Waals surface area contributed by atoms with E-state index in [-0.39, 0.29) is 0 Å². The van der Waals surface area contributed by atoms with Crippen LogP contribution < -0.4 is 5.73 Å². The van der Waals surface area contributed by atoms with E-state index in [2.05, 4.69) is 0 Å². The summed E-state index contributed by atoms with van der Waals surface area (Å²) >= 11 is 0. The van der Waals surface area contributed by atoms with Gasteiger partial charge in [0, 0.05) is 0 Å². The Morgan fingerprint density at radius 3 is 2.50 bits per heavy atom. The highest BCUT2D eigenvalue weighted by atomic mass is 14.6. The van der Waals surface area contributed by atoms with Crippen molar-refractivity contribution in [1.82, 2.24) is 0 Å². The lowest BCUT2D eigenvalue weighted by Crippen LogP contribution is -2.39. The van der Waals surface area contributed by atoms with Crippen LogP contribution >= 0.6 is 0 Å². The highest BCUT2D eigenvalue weighted by Crippen LogP contribution is 2.47. The monoisotopic (exact) mass is 139 g/mol. The van der Waals surface area contributed by atoms with Gasteiger partial charge in [0.05, 0.1) is 0 Å². The molecule has 0 aliphatic heterocycles. The van der Waals surface area contributed by atoms with Gasteiger partial charge >= 0.3 is 0 Å². The number of hydrogen-bond donors (Lipinski definition) is 1. The maximum Gasteiger partial charge on any atom is -0.00461 e. The molecule has 2 aliphatic carbocycles. The molecule has 1 heteroatoms. The van der Waals surface area contributed by atoms with Gasteiger partial charge in [-0.25, -0.2) is 0 Å². The summed E-state index contributed by atoms with van der Waals surface area (Å²) in [6.45, 7) is 0.946. The lowest BCUT2D eigenvalue weighted by molar-refractivity contribution is 0.0570. The third-order valence-electron chi connectivity index (χ3n) is 3.53. The lowest BCUT2D eigenvalue weighted by atomic mass is 9.60. The minimum absolute atomic E-state index is 0.896. The molecule has 3 unspecified atom stereocenters. The Bertz CT molecular complexity index is 120. The molecule has 0 spiro atoms. The van der Waals surface area contributed by atoms with Crippen molar-refractivity contribution >= 4 is 0 Å². The van der Waals surface area contributed by atoms with Crippen LogP contribution in [0.2, 0.25) is 0 Å². The van der Waals surface area contributed by atoms with Gasteiger partial charge in [0.1, 0.15) is 0 Å². The predicted octanol–water partition coefficient (Wildman–Crippen LogP) is 1.77. The molecule has 2 rings (SSSR count). The van der Waals surface area contributed by atoms with Crippen LogP contribution in [0.1, 0.15) is 32.1 Å². The average molecular weight is 139 g/mol. The highest BCUT2D eigenvalue weighted by molar-refractivity contribution is 4.89. The summed E-state index contributed by atoms with van der Waals surface area (Å²) in [4.78, 5) is 0. The standard InChI is InChI=1S/C9H17N/c10-6-8-3-1-2-7-4-5-9(7)8/h7-9H,1-6,10H2. The van der Waals surface area contributed by atoms with E-state index < -0.39 is 0 Å². The van der Waals surface area contributed by atoms with Crippen LogP contribution in [0.4, 0.5) is 0 Å². The Morgan fingerprint density at radius 1 is 1.10 bits per heavy atom. The largest absolute Gasteiger partial charge is 0.330 e. The van der Waals surface area contributed by atoms with Crippen LogP contribution in [-0.4, -0.2) is 6.54 Å². The Morgan fingerprint density at radius 2 is 2.00 bits per heavy atom. The second-order valence-electron chi connectivity index (χ2n) is 3.93. The molecule has 0 amide bonds. The molecule has 3 atom stereocenters. The molecule has 2 saturated carbocycles. The molecule has 58 valence electrons. The molecule has 0 heterocycles. The smallest absolute Gasteiger partial charge is 0.00461 e. The van der Waals surface area contributed by atoms with E-state index in [1.807, 2.05) is 0 Å². The zero-order valence-electron chi connectivity index (χ0n) is 6.55. The summed E-state index contributed by atoms with van der Waals surface area (Å²) in [7, 11) is 0. The predicted molar refractivity (Wildman–Crippen MR) is 42.6 cm³/mol. The van der Waals surface area contributed by atoms with Crippen LogP contribution in [0.5, 0.6) is 0 Å². The third kappa shape index (κ3) is 0.878. The Labute approximate surface area is 63.0 Å². The lowest BCUT2D eigenvalue weighted by Gasteiger charge is -2.45. The summed E-state index contributed by atoms with van der Waals surface area (Å²) in [6, 6.07) is 0. The van der Waals surface area contributed by atoms with Crippen molar-refractivity contribution in [3.63, 3.8) is 0 Å². The van der Waals surface area contributed by atoms with Crippen molar-refractivity contribution in [2.45, 2.75) is 32.1 Å². The zero-order valence-corrected chi connectivity index (χ0v) is 6.55. The fourth-order valence-corrected chi connectivity index (χ4v) is 2.72. The molecule has 0 aromatic carbocycles. The first-order valence-electron chi connectivity index (χ1n) is 4.62. The average Bonchev–Trinajstić information content (AvgIpc) is 1.91. The van der Waals surface area contributed by atoms with Crippen LogP contribution in [0, 0.1) is 17.8 Å². The molecule has 2 aliphatic rings. The van der Waals surface area contributed by atoms with Crippen molar-refractivity contribution in [2.75, 3.05) is 6.54 Å². The normalized spacial score (nSPS) is 45.9. The fourth-order valence-electron chi connectivity index (χ4n) is 2.72. The molecule has 0 aromatic heterocycles. The van der Waals surface area contributed by atoms with Gasteiger partial charge in [-0.1, -0.05) is 12.8 Å². The second kappa shape index (κ2) is 2.54. The molecule has 0 bridgehead atoms. The Kier molecular flexibility index (Phi) is 1.69. The van der Waals surface area contributed by atoms with E-state index in [1.165, 1.54) is 32.1 Å². The summed E-state index contributed by atoms with van der Waals surface area (Å²) in [5.74, 6) is 3.02. The molecular formula is C9H17N. The van der Waals surface area contributed by atoms with E-state index in [0.29, 0.717) is 0 Å². The molecule has 0 saturated heterocycles. The van der Waals surface area contributed by atoms with E-state index in [1.54, 1.807) is 0 Å². The van der Waals surface area contributed by atoms with Crippen LogP contribution in [0.25, 0.3) is 0 Å². The Hall–Kier alpha value is -0.0400. The zero-order chi connectivity index (χ0) is 6.97. The maximum absolute atomic E-state index is 5.69. The quantitative estimate of drug-likeness (QED) is 0.588. The van der Waals surface area contributed by atoms with Gasteiger partial charge < -0.3 is 5.73 Å². The minimum atomic E-state index is 0.896.